The molecule has 0 bridgehead atoms. The van der Waals surface area contributed by atoms with Gasteiger partial charge in [0.1, 0.15) is 11.6 Å². The van der Waals surface area contributed by atoms with Gasteiger partial charge in [0.15, 0.2) is 0 Å². The molecule has 0 aliphatic heterocycles. The number of benzene rings is 1. The molecule has 0 saturated heterocycles. The summed E-state index contributed by atoms with van der Waals surface area (Å²) in [4.78, 5) is 4.00. The van der Waals surface area contributed by atoms with E-state index in [1.807, 2.05) is 0 Å². The fourth-order valence-corrected chi connectivity index (χ4v) is 2.16. The number of aliphatic hydroxyl groups excluding tert-OH is 1. The molecule has 6 heteroatoms. The molecule has 0 aliphatic rings. The van der Waals surface area contributed by atoms with Gasteiger partial charge < -0.3 is 9.84 Å². The lowest BCUT2D eigenvalue weighted by molar-refractivity contribution is 0.198. The van der Waals surface area contributed by atoms with E-state index in [0.717, 1.165) is 0 Å². The molecule has 100 valence electrons. The number of halogens is 3. The van der Waals surface area contributed by atoms with E-state index in [1.54, 1.807) is 19.1 Å². The topological polar surface area (TPSA) is 42.4 Å². The Morgan fingerprint density at radius 2 is 2.16 bits per heavy atom. The van der Waals surface area contributed by atoms with Gasteiger partial charge in [-0.2, -0.15) is 0 Å². The lowest BCUT2D eigenvalue weighted by Crippen LogP contribution is -1.95. The predicted molar refractivity (Wildman–Crippen MR) is 74.1 cm³/mol. The van der Waals surface area contributed by atoms with E-state index < -0.39 is 11.9 Å². The van der Waals surface area contributed by atoms with Crippen LogP contribution in [0.3, 0.4) is 0 Å². The normalized spacial score (nSPS) is 12.3. The first-order valence-electron chi connectivity index (χ1n) is 5.44. The summed E-state index contributed by atoms with van der Waals surface area (Å²) in [6.07, 6.45) is 0.883. The molecule has 1 N–H and O–H groups in total. The summed E-state index contributed by atoms with van der Waals surface area (Å²) >= 11 is 8.88. The summed E-state index contributed by atoms with van der Waals surface area (Å²) in [5.41, 5.74) is 0.663. The van der Waals surface area contributed by atoms with Gasteiger partial charge in [-0.25, -0.2) is 9.37 Å². The zero-order valence-corrected chi connectivity index (χ0v) is 12.2. The number of pyridine rings is 1. The first kappa shape index (κ1) is 14.2. The third-order valence-corrected chi connectivity index (χ3v) is 3.34. The van der Waals surface area contributed by atoms with E-state index in [9.17, 15) is 9.50 Å². The molecule has 1 aromatic heterocycles. The Morgan fingerprint density at radius 1 is 1.42 bits per heavy atom. The summed E-state index contributed by atoms with van der Waals surface area (Å²) in [5.74, 6) is -0.0514. The van der Waals surface area contributed by atoms with Crippen LogP contribution in [0.4, 0.5) is 4.39 Å². The third-order valence-electron chi connectivity index (χ3n) is 2.43. The minimum Gasteiger partial charge on any atom is -0.438 e. The third kappa shape index (κ3) is 3.43. The highest BCUT2D eigenvalue weighted by atomic mass is 79.9. The Labute approximate surface area is 123 Å². The highest BCUT2D eigenvalue weighted by Gasteiger charge is 2.10. The maximum Gasteiger partial charge on any atom is 0.219 e. The van der Waals surface area contributed by atoms with Crippen molar-refractivity contribution in [2.75, 3.05) is 0 Å². The molecular formula is C13H10BrClFNO2. The molecule has 1 atom stereocenters. The van der Waals surface area contributed by atoms with Crippen LogP contribution in [0.25, 0.3) is 0 Å². The van der Waals surface area contributed by atoms with Crippen molar-refractivity contribution in [2.45, 2.75) is 13.0 Å². The summed E-state index contributed by atoms with van der Waals surface area (Å²) < 4.78 is 19.4. The molecule has 0 aliphatic carbocycles. The number of ether oxygens (including phenoxy) is 1. The Morgan fingerprint density at radius 3 is 2.84 bits per heavy atom. The lowest BCUT2D eigenvalue weighted by Gasteiger charge is -2.10. The van der Waals surface area contributed by atoms with Crippen LogP contribution >= 0.6 is 27.5 Å². The molecule has 0 unspecified atom stereocenters. The number of nitrogens with zero attached hydrogens (tertiary/aromatic N) is 1. The van der Waals surface area contributed by atoms with Gasteiger partial charge in [-0.1, -0.05) is 11.6 Å². The van der Waals surface area contributed by atoms with Crippen molar-refractivity contribution in [3.8, 4) is 11.6 Å². The van der Waals surface area contributed by atoms with Crippen molar-refractivity contribution in [1.29, 1.82) is 0 Å². The molecule has 0 amide bonds. The van der Waals surface area contributed by atoms with Crippen molar-refractivity contribution in [3.05, 3.63) is 51.3 Å². The van der Waals surface area contributed by atoms with Gasteiger partial charge in [-0.05, 0) is 40.5 Å². The van der Waals surface area contributed by atoms with Gasteiger partial charge in [-0.3, -0.25) is 0 Å². The molecule has 1 heterocycles. The highest BCUT2D eigenvalue weighted by Crippen LogP contribution is 2.33. The fraction of sp³-hybridized carbons (Fsp3) is 0.154. The van der Waals surface area contributed by atoms with Crippen LogP contribution < -0.4 is 4.74 Å². The second kappa shape index (κ2) is 5.86. The van der Waals surface area contributed by atoms with E-state index in [2.05, 4.69) is 20.9 Å². The summed E-state index contributed by atoms with van der Waals surface area (Å²) in [7, 11) is 0. The van der Waals surface area contributed by atoms with Crippen LogP contribution in [0.5, 0.6) is 11.6 Å². The molecular weight excluding hydrogens is 337 g/mol. The van der Waals surface area contributed by atoms with Crippen LogP contribution in [-0.2, 0) is 0 Å². The molecule has 2 rings (SSSR count). The average Bonchev–Trinajstić information content (AvgIpc) is 2.36. The molecule has 0 radical (unpaired) electrons. The molecule has 2 aromatic rings. The van der Waals surface area contributed by atoms with Crippen molar-refractivity contribution in [3.63, 3.8) is 0 Å². The minimum absolute atomic E-state index is 0.00455. The van der Waals surface area contributed by atoms with Crippen LogP contribution in [0.1, 0.15) is 18.6 Å². The van der Waals surface area contributed by atoms with Crippen molar-refractivity contribution >= 4 is 27.5 Å². The second-order valence-electron chi connectivity index (χ2n) is 3.90. The first-order valence-corrected chi connectivity index (χ1v) is 6.61. The summed E-state index contributed by atoms with van der Waals surface area (Å²) in [6.45, 7) is 1.64. The van der Waals surface area contributed by atoms with Crippen LogP contribution in [0, 0.1) is 5.82 Å². The molecule has 0 spiro atoms. The average molecular weight is 347 g/mol. The monoisotopic (exact) mass is 345 g/mol. The molecule has 1 aromatic carbocycles. The van der Waals surface area contributed by atoms with E-state index in [4.69, 9.17) is 16.3 Å². The van der Waals surface area contributed by atoms with Crippen molar-refractivity contribution in [2.24, 2.45) is 0 Å². The smallest absolute Gasteiger partial charge is 0.219 e. The van der Waals surface area contributed by atoms with Gasteiger partial charge in [0, 0.05) is 18.3 Å². The Bertz CT molecular complexity index is 607. The van der Waals surface area contributed by atoms with E-state index in [-0.39, 0.29) is 16.7 Å². The number of hydrogen-bond donors (Lipinski definition) is 1. The standard InChI is InChI=1S/C13H10BrClFNO2/c1-7(18)8-2-3-17-13(4-8)19-12-6-11(16)10(15)5-9(12)14/h2-7,18H,1H3/t7-/m1/s1. The molecule has 19 heavy (non-hydrogen) atoms. The van der Waals surface area contributed by atoms with Gasteiger partial charge in [0.25, 0.3) is 0 Å². The number of aromatic nitrogens is 1. The van der Waals surface area contributed by atoms with Crippen LogP contribution in [-0.4, -0.2) is 10.1 Å². The SMILES string of the molecule is C[C@@H](O)c1ccnc(Oc2cc(F)c(Cl)cc2Br)c1. The maximum absolute atomic E-state index is 13.4. The van der Waals surface area contributed by atoms with Gasteiger partial charge >= 0.3 is 0 Å². The largest absolute Gasteiger partial charge is 0.438 e. The van der Waals surface area contributed by atoms with Gasteiger partial charge in [-0.15, -0.1) is 0 Å². The van der Waals surface area contributed by atoms with Crippen molar-refractivity contribution < 1.29 is 14.2 Å². The Hall–Kier alpha value is -1.17. The van der Waals surface area contributed by atoms with E-state index >= 15 is 0 Å². The maximum atomic E-state index is 13.4. The molecule has 3 nitrogen and oxygen atoms in total. The molecule has 0 fully saturated rings. The minimum atomic E-state index is -0.629. The summed E-state index contributed by atoms with van der Waals surface area (Å²) in [6, 6.07) is 5.84. The summed E-state index contributed by atoms with van der Waals surface area (Å²) in [5, 5.41) is 9.48. The highest BCUT2D eigenvalue weighted by molar-refractivity contribution is 9.10. The molecule has 0 saturated carbocycles. The first-order chi connectivity index (χ1) is 8.97. The second-order valence-corrected chi connectivity index (χ2v) is 5.16. The van der Waals surface area contributed by atoms with Crippen molar-refractivity contribution in [1.82, 2.24) is 4.98 Å². The fourth-order valence-electron chi connectivity index (χ4n) is 1.44. The zero-order chi connectivity index (χ0) is 14.0. The Balaban J connectivity index is 2.31. The predicted octanol–water partition coefficient (Wildman–Crippen LogP) is 4.48. The van der Waals surface area contributed by atoms with Crippen LogP contribution in [0.2, 0.25) is 5.02 Å². The van der Waals surface area contributed by atoms with E-state index in [1.165, 1.54) is 18.3 Å². The van der Waals surface area contributed by atoms with Crippen LogP contribution in [0.15, 0.2) is 34.9 Å². The number of rotatable bonds is 3. The quantitative estimate of drug-likeness (QED) is 0.833. The number of hydrogen-bond acceptors (Lipinski definition) is 3. The van der Waals surface area contributed by atoms with Gasteiger partial charge in [0.2, 0.25) is 5.88 Å². The number of aliphatic hydroxyl groups is 1. The lowest BCUT2D eigenvalue weighted by atomic mass is 10.2. The Kier molecular flexibility index (Phi) is 4.39. The van der Waals surface area contributed by atoms with Gasteiger partial charge in [0.05, 0.1) is 15.6 Å². The zero-order valence-electron chi connectivity index (χ0n) is 9.90. The van der Waals surface area contributed by atoms with E-state index in [0.29, 0.717) is 10.0 Å².